The van der Waals surface area contributed by atoms with Crippen molar-refractivity contribution >= 4 is 11.0 Å². The van der Waals surface area contributed by atoms with Gasteiger partial charge in [-0.25, -0.2) is 9.37 Å². The molecule has 3 aromatic rings. The molecule has 3 rings (SSSR count). The maximum Gasteiger partial charge on any atom is 0.133 e. The maximum atomic E-state index is 13.6. The topological polar surface area (TPSA) is 48.9 Å². The molecule has 2 N–H and O–H groups in total. The molecule has 0 saturated carbocycles. The average Bonchev–Trinajstić information content (AvgIpc) is 2.83. The summed E-state index contributed by atoms with van der Waals surface area (Å²) in [5.74, 6) is 0.320. The van der Waals surface area contributed by atoms with Gasteiger partial charge in [0.05, 0.1) is 11.0 Å². The van der Waals surface area contributed by atoms with Crippen molar-refractivity contribution in [2.45, 2.75) is 13.5 Å². The Morgan fingerprint density at radius 3 is 2.63 bits per heavy atom. The molecule has 1 aromatic heterocycles. The van der Waals surface area contributed by atoms with Gasteiger partial charge in [0.25, 0.3) is 0 Å². The van der Waals surface area contributed by atoms with Crippen molar-refractivity contribution in [3.05, 3.63) is 53.6 Å². The van der Waals surface area contributed by atoms with E-state index in [2.05, 4.69) is 9.97 Å². The van der Waals surface area contributed by atoms with Gasteiger partial charge in [-0.05, 0) is 41.8 Å². The predicted molar refractivity (Wildman–Crippen MR) is 72.1 cm³/mol. The van der Waals surface area contributed by atoms with Gasteiger partial charge in [-0.15, -0.1) is 0 Å². The number of aliphatic hydroxyl groups is 1. The first-order valence-corrected chi connectivity index (χ1v) is 6.03. The molecular weight excluding hydrogens is 243 g/mol. The molecular formula is C15H13FN2O. The van der Waals surface area contributed by atoms with Crippen molar-refractivity contribution in [3.63, 3.8) is 0 Å². The second-order valence-corrected chi connectivity index (χ2v) is 4.54. The monoisotopic (exact) mass is 256 g/mol. The summed E-state index contributed by atoms with van der Waals surface area (Å²) in [7, 11) is 0. The number of aliphatic hydroxyl groups excluding tert-OH is 1. The highest BCUT2D eigenvalue weighted by Crippen LogP contribution is 2.25. The quantitative estimate of drug-likeness (QED) is 0.740. The van der Waals surface area contributed by atoms with Crippen LogP contribution in [0.5, 0.6) is 0 Å². The van der Waals surface area contributed by atoms with Gasteiger partial charge in [-0.1, -0.05) is 18.2 Å². The molecule has 0 aliphatic rings. The average molecular weight is 256 g/mol. The maximum absolute atomic E-state index is 13.6. The van der Waals surface area contributed by atoms with Gasteiger partial charge in [-0.2, -0.15) is 0 Å². The number of imidazole rings is 1. The standard InChI is InChI=1S/C15H13FN2O/c1-9-2-3-10(6-12(9)16)11-4-5-13-14(7-11)18-15(8-19)17-13/h2-7,19H,8H2,1H3,(H,17,18). The van der Waals surface area contributed by atoms with Crippen molar-refractivity contribution in [2.24, 2.45) is 0 Å². The number of aryl methyl sites for hydroxylation is 1. The Bertz CT molecular complexity index is 749. The molecule has 0 amide bonds. The van der Waals surface area contributed by atoms with Crippen LogP contribution < -0.4 is 0 Å². The van der Waals surface area contributed by atoms with Crippen LogP contribution >= 0.6 is 0 Å². The van der Waals surface area contributed by atoms with E-state index in [4.69, 9.17) is 5.11 Å². The largest absolute Gasteiger partial charge is 0.388 e. The summed E-state index contributed by atoms with van der Waals surface area (Å²) in [5.41, 5.74) is 4.00. The van der Waals surface area contributed by atoms with E-state index in [0.29, 0.717) is 11.4 Å². The number of H-pyrrole nitrogens is 1. The summed E-state index contributed by atoms with van der Waals surface area (Å²) in [5, 5.41) is 9.05. The third kappa shape index (κ3) is 2.11. The van der Waals surface area contributed by atoms with Gasteiger partial charge in [0.2, 0.25) is 0 Å². The van der Waals surface area contributed by atoms with Crippen molar-refractivity contribution in [3.8, 4) is 11.1 Å². The molecule has 0 radical (unpaired) electrons. The number of fused-ring (bicyclic) bond motifs is 1. The Kier molecular flexibility index (Phi) is 2.80. The first-order valence-electron chi connectivity index (χ1n) is 6.03. The molecule has 19 heavy (non-hydrogen) atoms. The van der Waals surface area contributed by atoms with Crippen LogP contribution in [0.3, 0.4) is 0 Å². The summed E-state index contributed by atoms with van der Waals surface area (Å²) in [4.78, 5) is 7.24. The Hall–Kier alpha value is -2.20. The minimum atomic E-state index is -0.210. The molecule has 0 atom stereocenters. The van der Waals surface area contributed by atoms with Crippen LogP contribution in [0, 0.1) is 12.7 Å². The van der Waals surface area contributed by atoms with Crippen molar-refractivity contribution in [2.75, 3.05) is 0 Å². The van der Waals surface area contributed by atoms with Crippen molar-refractivity contribution in [1.29, 1.82) is 0 Å². The van der Waals surface area contributed by atoms with E-state index in [1.807, 2.05) is 24.3 Å². The molecule has 0 fully saturated rings. The fraction of sp³-hybridized carbons (Fsp3) is 0.133. The van der Waals surface area contributed by atoms with E-state index in [9.17, 15) is 4.39 Å². The Labute approximate surface area is 109 Å². The molecule has 1 heterocycles. The molecule has 0 aliphatic heterocycles. The fourth-order valence-electron chi connectivity index (χ4n) is 2.09. The summed E-state index contributed by atoms with van der Waals surface area (Å²) in [6.45, 7) is 1.62. The lowest BCUT2D eigenvalue weighted by Crippen LogP contribution is -1.84. The molecule has 0 saturated heterocycles. The summed E-state index contributed by atoms with van der Waals surface area (Å²) in [6.07, 6.45) is 0. The van der Waals surface area contributed by atoms with E-state index >= 15 is 0 Å². The zero-order valence-electron chi connectivity index (χ0n) is 10.4. The van der Waals surface area contributed by atoms with Gasteiger partial charge < -0.3 is 10.1 Å². The van der Waals surface area contributed by atoms with Crippen LogP contribution in [0.2, 0.25) is 0 Å². The number of rotatable bonds is 2. The Morgan fingerprint density at radius 1 is 1.16 bits per heavy atom. The van der Waals surface area contributed by atoms with E-state index in [0.717, 1.165) is 22.2 Å². The zero-order chi connectivity index (χ0) is 13.4. The summed E-state index contributed by atoms with van der Waals surface area (Å²) < 4.78 is 13.6. The van der Waals surface area contributed by atoms with Gasteiger partial charge in [0, 0.05) is 0 Å². The number of aromatic nitrogens is 2. The lowest BCUT2D eigenvalue weighted by Gasteiger charge is -2.03. The number of benzene rings is 2. The SMILES string of the molecule is Cc1ccc(-c2ccc3nc(CO)[nH]c3c2)cc1F. The molecule has 0 bridgehead atoms. The van der Waals surface area contributed by atoms with E-state index < -0.39 is 0 Å². The number of halogens is 1. The highest BCUT2D eigenvalue weighted by molar-refractivity contribution is 5.82. The normalized spacial score (nSPS) is 11.1. The van der Waals surface area contributed by atoms with Crippen LogP contribution in [-0.2, 0) is 6.61 Å². The smallest absolute Gasteiger partial charge is 0.133 e. The first-order chi connectivity index (χ1) is 9.17. The third-order valence-electron chi connectivity index (χ3n) is 3.19. The second-order valence-electron chi connectivity index (χ2n) is 4.54. The van der Waals surface area contributed by atoms with Gasteiger partial charge in [-0.3, -0.25) is 0 Å². The Morgan fingerprint density at radius 2 is 1.89 bits per heavy atom. The highest BCUT2D eigenvalue weighted by Gasteiger charge is 2.06. The molecule has 0 spiro atoms. The molecule has 0 unspecified atom stereocenters. The predicted octanol–water partition coefficient (Wildman–Crippen LogP) is 3.17. The molecule has 3 nitrogen and oxygen atoms in total. The van der Waals surface area contributed by atoms with Gasteiger partial charge >= 0.3 is 0 Å². The molecule has 0 aliphatic carbocycles. The molecule has 96 valence electrons. The first kappa shape index (κ1) is 11.9. The van der Waals surface area contributed by atoms with Crippen molar-refractivity contribution in [1.82, 2.24) is 9.97 Å². The van der Waals surface area contributed by atoms with Gasteiger partial charge in [0.15, 0.2) is 0 Å². The minimum absolute atomic E-state index is 0.122. The summed E-state index contributed by atoms with van der Waals surface area (Å²) >= 11 is 0. The lowest BCUT2D eigenvalue weighted by molar-refractivity contribution is 0.273. The highest BCUT2D eigenvalue weighted by atomic mass is 19.1. The number of nitrogens with zero attached hydrogens (tertiary/aromatic N) is 1. The van der Waals surface area contributed by atoms with E-state index in [-0.39, 0.29) is 12.4 Å². The lowest BCUT2D eigenvalue weighted by atomic mass is 10.0. The van der Waals surface area contributed by atoms with Crippen LogP contribution in [0.1, 0.15) is 11.4 Å². The number of hydrogen-bond acceptors (Lipinski definition) is 2. The number of aromatic amines is 1. The zero-order valence-corrected chi connectivity index (χ0v) is 10.4. The van der Waals surface area contributed by atoms with Gasteiger partial charge in [0.1, 0.15) is 18.2 Å². The molecule has 4 heteroatoms. The van der Waals surface area contributed by atoms with Crippen LogP contribution in [-0.4, -0.2) is 15.1 Å². The van der Waals surface area contributed by atoms with E-state index in [1.54, 1.807) is 13.0 Å². The minimum Gasteiger partial charge on any atom is -0.388 e. The van der Waals surface area contributed by atoms with E-state index in [1.165, 1.54) is 6.07 Å². The van der Waals surface area contributed by atoms with Crippen LogP contribution in [0.4, 0.5) is 4.39 Å². The van der Waals surface area contributed by atoms with Crippen LogP contribution in [0.15, 0.2) is 36.4 Å². The fourth-order valence-corrected chi connectivity index (χ4v) is 2.09. The summed E-state index contributed by atoms with van der Waals surface area (Å²) in [6, 6.07) is 10.8. The molecule has 2 aromatic carbocycles. The van der Waals surface area contributed by atoms with Crippen LogP contribution in [0.25, 0.3) is 22.2 Å². The number of nitrogens with one attached hydrogen (secondary N) is 1. The Balaban J connectivity index is 2.11. The van der Waals surface area contributed by atoms with Crippen molar-refractivity contribution < 1.29 is 9.50 Å². The second kappa shape index (κ2) is 4.48. The third-order valence-corrected chi connectivity index (χ3v) is 3.19. The number of hydrogen-bond donors (Lipinski definition) is 2.